The van der Waals surface area contributed by atoms with Crippen molar-refractivity contribution in [3.05, 3.63) is 52.6 Å². The van der Waals surface area contributed by atoms with Gasteiger partial charge in [-0.2, -0.15) is 0 Å². The average Bonchev–Trinajstić information content (AvgIpc) is 2.03. The molecule has 48 valence electrons. The molecule has 0 unspecified atom stereocenters. The van der Waals surface area contributed by atoms with Gasteiger partial charge in [-0.05, 0) is 0 Å². The van der Waals surface area contributed by atoms with Crippen molar-refractivity contribution in [2.24, 2.45) is 0 Å². The van der Waals surface area contributed by atoms with Gasteiger partial charge in [-0.3, -0.25) is 26.3 Å². The summed E-state index contributed by atoms with van der Waals surface area (Å²) >= 11 is 0. The third-order valence-electron chi connectivity index (χ3n) is 0. The zero-order valence-electron chi connectivity index (χ0n) is 5.64. The minimum absolute atomic E-state index is 0. The van der Waals surface area contributed by atoms with Crippen LogP contribution in [0.1, 0.15) is 0 Å². The van der Waals surface area contributed by atoms with E-state index in [0.29, 0.717) is 0 Å². The maximum atomic E-state index is 4.25. The molecule has 9 heavy (non-hydrogen) atoms. The molecule has 0 fully saturated rings. The van der Waals surface area contributed by atoms with E-state index in [2.05, 4.69) is 52.6 Å². The number of rotatable bonds is 0. The molecule has 0 aromatic rings. The quantitative estimate of drug-likeness (QED) is 0.373. The first-order valence-corrected chi connectivity index (χ1v) is 1.63. The van der Waals surface area contributed by atoms with Crippen molar-refractivity contribution in [1.82, 2.24) is 0 Å². The third-order valence-corrected chi connectivity index (χ3v) is 0. The van der Waals surface area contributed by atoms with Crippen LogP contribution in [0.3, 0.4) is 0 Å². The predicted octanol–water partition coefficient (Wildman–Crippen LogP) is 2.42. The molecule has 0 rings (SSSR count). The Labute approximate surface area is 74.6 Å². The Kier molecular flexibility index (Phi) is 13500. The van der Waals surface area contributed by atoms with Crippen molar-refractivity contribution >= 4 is 0 Å². The van der Waals surface area contributed by atoms with Crippen molar-refractivity contribution in [3.8, 4) is 0 Å². The Balaban J connectivity index is -0.00000000762. The van der Waals surface area contributed by atoms with Gasteiger partial charge in [0, 0.05) is 0 Å². The third kappa shape index (κ3) is 2330. The molecule has 0 atom stereocenters. The fraction of sp³-hybridized carbons (Fsp3) is 0. The van der Waals surface area contributed by atoms with Gasteiger partial charge < -0.3 is 26.3 Å². The zero-order valence-corrected chi connectivity index (χ0v) is 7.20. The molecule has 0 nitrogen and oxygen atoms in total. The van der Waals surface area contributed by atoms with Crippen LogP contribution in [0.4, 0.5) is 0 Å². The summed E-state index contributed by atoms with van der Waals surface area (Å²) in [5, 5.41) is 0. The van der Waals surface area contributed by atoms with Gasteiger partial charge in [0.25, 0.3) is 0 Å². The summed E-state index contributed by atoms with van der Waals surface area (Å²) in [6.07, 6.45) is 0. The molecule has 1 heteroatoms. The van der Waals surface area contributed by atoms with Crippen LogP contribution in [0.5, 0.6) is 0 Å². The second kappa shape index (κ2) is 3220. The van der Waals surface area contributed by atoms with Gasteiger partial charge in [-0.1, -0.05) is 0 Å². The van der Waals surface area contributed by atoms with Crippen molar-refractivity contribution in [2.75, 3.05) is 0 Å². The standard InChI is InChI=1S/4C2H3.Ti/c4*1-2;/h4*1H,2H2;/q4*-1;+4. The summed E-state index contributed by atoms with van der Waals surface area (Å²) in [5.74, 6) is 0. The Bertz CT molecular complexity index is 12.5. The normalized spacial score (nSPS) is 1.78. The molecular formula is C8H12Ti. The maximum absolute atomic E-state index is 4.25. The molecule has 0 N–H and O–H groups in total. The van der Waals surface area contributed by atoms with E-state index in [0.717, 1.165) is 0 Å². The van der Waals surface area contributed by atoms with E-state index in [-0.39, 0.29) is 21.7 Å². The van der Waals surface area contributed by atoms with Gasteiger partial charge in [0.2, 0.25) is 0 Å². The van der Waals surface area contributed by atoms with Crippen LogP contribution in [0.2, 0.25) is 0 Å². The minimum Gasteiger partial charge on any atom is -0.521 e. The summed E-state index contributed by atoms with van der Waals surface area (Å²) < 4.78 is 0. The summed E-state index contributed by atoms with van der Waals surface area (Å²) in [4.78, 5) is 0. The Morgan fingerprint density at radius 1 is 0.444 bits per heavy atom. The molecule has 0 saturated carbocycles. The average molecular weight is 156 g/mol. The summed E-state index contributed by atoms with van der Waals surface area (Å²) in [5.41, 5.74) is 0. The fourth-order valence-corrected chi connectivity index (χ4v) is 0. The Hall–Kier alpha value is -0.326. The molecule has 0 heterocycles. The largest absolute Gasteiger partial charge is 4.00 e. The Morgan fingerprint density at radius 3 is 0.444 bits per heavy atom. The van der Waals surface area contributed by atoms with Crippen molar-refractivity contribution in [2.45, 2.75) is 0 Å². The summed E-state index contributed by atoms with van der Waals surface area (Å²) in [6.45, 7) is 28.0. The molecular weight excluding hydrogens is 144 g/mol. The molecule has 0 aromatic carbocycles. The molecule has 0 aliphatic heterocycles. The van der Waals surface area contributed by atoms with Gasteiger partial charge >= 0.3 is 21.7 Å². The van der Waals surface area contributed by atoms with Gasteiger partial charge in [0.15, 0.2) is 0 Å². The number of hydrogen-bond donors (Lipinski definition) is 0. The SMILES string of the molecule is [CH-]=C.[CH-]=C.[CH-]=C.[CH-]=C.[Ti+4]. The first-order valence-electron chi connectivity index (χ1n) is 1.63. The van der Waals surface area contributed by atoms with Gasteiger partial charge in [-0.25, -0.2) is 0 Å². The zero-order chi connectivity index (χ0) is 8.00. The van der Waals surface area contributed by atoms with Crippen LogP contribution in [0.25, 0.3) is 0 Å². The predicted molar refractivity (Wildman–Crippen MR) is 39.7 cm³/mol. The maximum Gasteiger partial charge on any atom is 4.00 e. The van der Waals surface area contributed by atoms with Crippen LogP contribution in [-0.4, -0.2) is 0 Å². The van der Waals surface area contributed by atoms with Gasteiger partial charge in [0.1, 0.15) is 0 Å². The molecule has 0 amide bonds. The van der Waals surface area contributed by atoms with E-state index < -0.39 is 0 Å². The van der Waals surface area contributed by atoms with Gasteiger partial charge in [-0.15, -0.1) is 0 Å². The van der Waals surface area contributed by atoms with Crippen molar-refractivity contribution < 1.29 is 21.7 Å². The van der Waals surface area contributed by atoms with Crippen LogP contribution < -0.4 is 0 Å². The van der Waals surface area contributed by atoms with Crippen molar-refractivity contribution in [3.63, 3.8) is 0 Å². The molecule has 0 aliphatic rings. The molecule has 0 aromatic heterocycles. The smallest absolute Gasteiger partial charge is 0.521 e. The second-order valence-electron chi connectivity index (χ2n) is 0. The van der Waals surface area contributed by atoms with E-state index in [1.165, 1.54) is 0 Å². The van der Waals surface area contributed by atoms with E-state index in [1.807, 2.05) is 0 Å². The van der Waals surface area contributed by atoms with Crippen LogP contribution in [0, 0.1) is 26.3 Å². The number of hydrogen-bond acceptors (Lipinski definition) is 0. The van der Waals surface area contributed by atoms with Crippen LogP contribution in [0.15, 0.2) is 26.3 Å². The van der Waals surface area contributed by atoms with Gasteiger partial charge in [0.05, 0.1) is 0 Å². The monoisotopic (exact) mass is 156 g/mol. The summed E-state index contributed by atoms with van der Waals surface area (Å²) in [6, 6.07) is 0. The molecule has 0 saturated heterocycles. The summed E-state index contributed by atoms with van der Waals surface area (Å²) in [7, 11) is 0. The fourth-order valence-electron chi connectivity index (χ4n) is 0. The topological polar surface area (TPSA) is 0 Å². The van der Waals surface area contributed by atoms with Crippen molar-refractivity contribution in [1.29, 1.82) is 0 Å². The first-order chi connectivity index (χ1) is 4.00. The minimum atomic E-state index is 0. The molecule has 0 aliphatic carbocycles. The molecule has 0 spiro atoms. The van der Waals surface area contributed by atoms with E-state index in [1.54, 1.807) is 0 Å². The van der Waals surface area contributed by atoms with E-state index in [4.69, 9.17) is 0 Å². The first kappa shape index (κ1) is 37.8. The molecule has 0 radical (unpaired) electrons. The van der Waals surface area contributed by atoms with E-state index >= 15 is 0 Å². The Morgan fingerprint density at radius 2 is 0.444 bits per heavy atom. The molecule has 0 bridgehead atoms. The van der Waals surface area contributed by atoms with Crippen LogP contribution in [-0.2, 0) is 21.7 Å². The van der Waals surface area contributed by atoms with Crippen LogP contribution >= 0.6 is 0 Å². The van der Waals surface area contributed by atoms with E-state index in [9.17, 15) is 0 Å². The second-order valence-corrected chi connectivity index (χ2v) is 0.